The largest absolute Gasteiger partial charge is 0.381 e. The minimum absolute atomic E-state index is 0.0355. The zero-order valence-electron chi connectivity index (χ0n) is 14.7. The number of nitrogens with zero attached hydrogens (tertiary/aromatic N) is 2. The van der Waals surface area contributed by atoms with E-state index in [0.29, 0.717) is 31.6 Å². The minimum atomic E-state index is 0.0355. The van der Waals surface area contributed by atoms with Gasteiger partial charge in [-0.2, -0.15) is 0 Å². The number of amides is 2. The molecule has 0 radical (unpaired) electrons. The first kappa shape index (κ1) is 16.8. The van der Waals surface area contributed by atoms with Crippen LogP contribution in [-0.4, -0.2) is 67.9 Å². The van der Waals surface area contributed by atoms with Gasteiger partial charge >= 0.3 is 6.03 Å². The number of morpholine rings is 1. The van der Waals surface area contributed by atoms with E-state index in [0.717, 1.165) is 45.9 Å². The Morgan fingerprint density at radius 2 is 1.84 bits per heavy atom. The molecule has 3 aliphatic rings. The third-order valence-electron chi connectivity index (χ3n) is 5.61. The molecule has 3 heterocycles. The Labute approximate surface area is 149 Å². The number of ether oxygens (including phenoxy) is 2. The molecule has 6 nitrogen and oxygen atoms in total. The van der Waals surface area contributed by atoms with E-state index in [1.54, 1.807) is 0 Å². The van der Waals surface area contributed by atoms with Crippen molar-refractivity contribution in [1.82, 2.24) is 15.1 Å². The molecule has 0 saturated carbocycles. The second-order valence-corrected chi connectivity index (χ2v) is 7.15. The molecule has 25 heavy (non-hydrogen) atoms. The number of benzene rings is 1. The van der Waals surface area contributed by atoms with Crippen LogP contribution in [0.25, 0.3) is 0 Å². The molecular formula is C19H27N3O3. The first-order valence-corrected chi connectivity index (χ1v) is 9.30. The normalized spacial score (nSPS) is 25.0. The molecule has 1 aromatic carbocycles. The fourth-order valence-corrected chi connectivity index (χ4v) is 4.14. The highest BCUT2D eigenvalue weighted by molar-refractivity contribution is 5.75. The fourth-order valence-electron chi connectivity index (χ4n) is 4.14. The van der Waals surface area contributed by atoms with Crippen LogP contribution in [0.5, 0.6) is 0 Å². The van der Waals surface area contributed by atoms with E-state index in [-0.39, 0.29) is 6.03 Å². The van der Waals surface area contributed by atoms with E-state index in [1.807, 2.05) is 17.0 Å². The van der Waals surface area contributed by atoms with Crippen molar-refractivity contribution in [2.45, 2.75) is 25.6 Å². The van der Waals surface area contributed by atoms with Gasteiger partial charge in [-0.3, -0.25) is 4.90 Å². The van der Waals surface area contributed by atoms with Crippen LogP contribution in [0.3, 0.4) is 0 Å². The molecule has 0 unspecified atom stereocenters. The summed E-state index contributed by atoms with van der Waals surface area (Å²) in [6, 6.07) is 8.65. The van der Waals surface area contributed by atoms with Crippen molar-refractivity contribution in [3.05, 3.63) is 35.4 Å². The van der Waals surface area contributed by atoms with Crippen molar-refractivity contribution in [3.63, 3.8) is 0 Å². The zero-order chi connectivity index (χ0) is 17.1. The Hall–Kier alpha value is -1.63. The first-order chi connectivity index (χ1) is 12.3. The van der Waals surface area contributed by atoms with Crippen LogP contribution in [0.1, 0.15) is 17.5 Å². The maximum Gasteiger partial charge on any atom is 0.318 e. The third kappa shape index (κ3) is 3.81. The van der Waals surface area contributed by atoms with Crippen LogP contribution in [-0.2, 0) is 22.6 Å². The Bertz CT molecular complexity index is 572. The summed E-state index contributed by atoms with van der Waals surface area (Å²) in [6.45, 7) is 7.15. The lowest BCUT2D eigenvalue weighted by atomic mass is 9.97. The van der Waals surface area contributed by atoms with Crippen molar-refractivity contribution in [2.24, 2.45) is 5.92 Å². The predicted molar refractivity (Wildman–Crippen MR) is 94.2 cm³/mol. The van der Waals surface area contributed by atoms with Gasteiger partial charge in [-0.05, 0) is 17.5 Å². The zero-order valence-corrected chi connectivity index (χ0v) is 14.7. The number of carbonyl (C=O) groups excluding carboxylic acids is 1. The summed E-state index contributed by atoms with van der Waals surface area (Å²) in [6.07, 6.45) is 1.08. The number of hydrogen-bond donors (Lipinski definition) is 1. The van der Waals surface area contributed by atoms with Crippen LogP contribution >= 0.6 is 0 Å². The number of urea groups is 1. The van der Waals surface area contributed by atoms with Crippen LogP contribution in [0.15, 0.2) is 24.3 Å². The molecule has 3 aliphatic heterocycles. The summed E-state index contributed by atoms with van der Waals surface area (Å²) < 4.78 is 11.1. The second kappa shape index (κ2) is 7.72. The molecule has 2 saturated heterocycles. The SMILES string of the molecule is O=C(NC[C@H]([C@H]1CCOC1)N1CCOCC1)N1Cc2ccccc2C1. The molecule has 2 fully saturated rings. The van der Waals surface area contributed by atoms with E-state index in [4.69, 9.17) is 9.47 Å². The molecule has 0 bridgehead atoms. The molecule has 2 atom stereocenters. The van der Waals surface area contributed by atoms with Gasteiger partial charge in [-0.15, -0.1) is 0 Å². The van der Waals surface area contributed by atoms with Gasteiger partial charge in [0.25, 0.3) is 0 Å². The fraction of sp³-hybridized carbons (Fsp3) is 0.632. The highest BCUT2D eigenvalue weighted by Crippen LogP contribution is 2.24. The van der Waals surface area contributed by atoms with E-state index in [9.17, 15) is 4.79 Å². The van der Waals surface area contributed by atoms with Gasteiger partial charge < -0.3 is 19.7 Å². The van der Waals surface area contributed by atoms with E-state index >= 15 is 0 Å². The lowest BCUT2D eigenvalue weighted by molar-refractivity contribution is 0.00185. The molecule has 1 aromatic rings. The van der Waals surface area contributed by atoms with E-state index in [1.165, 1.54) is 11.1 Å². The molecule has 136 valence electrons. The van der Waals surface area contributed by atoms with Gasteiger partial charge in [0.2, 0.25) is 0 Å². The van der Waals surface area contributed by atoms with Crippen molar-refractivity contribution >= 4 is 6.03 Å². The molecule has 4 rings (SSSR count). The van der Waals surface area contributed by atoms with Gasteiger partial charge in [-0.1, -0.05) is 24.3 Å². The summed E-state index contributed by atoms with van der Waals surface area (Å²) in [5.41, 5.74) is 2.51. The molecular weight excluding hydrogens is 318 g/mol. The number of nitrogens with one attached hydrogen (secondary N) is 1. The monoisotopic (exact) mass is 345 g/mol. The van der Waals surface area contributed by atoms with Gasteiger partial charge in [0.1, 0.15) is 0 Å². The second-order valence-electron chi connectivity index (χ2n) is 7.15. The Morgan fingerprint density at radius 3 is 2.48 bits per heavy atom. The van der Waals surface area contributed by atoms with Gasteiger partial charge in [0, 0.05) is 51.3 Å². The summed E-state index contributed by atoms with van der Waals surface area (Å²) in [7, 11) is 0. The average Bonchev–Trinajstić information content (AvgIpc) is 3.32. The molecule has 0 spiro atoms. The topological polar surface area (TPSA) is 54.0 Å². The minimum Gasteiger partial charge on any atom is -0.381 e. The number of rotatable bonds is 4. The van der Waals surface area contributed by atoms with Gasteiger partial charge in [0.15, 0.2) is 0 Å². The Balaban J connectivity index is 1.35. The van der Waals surface area contributed by atoms with E-state index < -0.39 is 0 Å². The highest BCUT2D eigenvalue weighted by Gasteiger charge is 2.32. The van der Waals surface area contributed by atoms with Crippen LogP contribution in [0, 0.1) is 5.92 Å². The standard InChI is InChI=1S/C19H27N3O3/c23-19(22-12-15-3-1-2-4-16(15)13-22)20-11-18(17-5-8-25-14-17)21-6-9-24-10-7-21/h1-4,17-18H,5-14H2,(H,20,23)/t17-,18+/m0/s1. The molecule has 6 heteroatoms. The van der Waals surface area contributed by atoms with E-state index in [2.05, 4.69) is 22.3 Å². The van der Waals surface area contributed by atoms with Crippen molar-refractivity contribution in [3.8, 4) is 0 Å². The average molecular weight is 345 g/mol. The lowest BCUT2D eigenvalue weighted by Gasteiger charge is -2.37. The summed E-state index contributed by atoms with van der Waals surface area (Å²) in [5.74, 6) is 0.495. The number of carbonyl (C=O) groups is 1. The summed E-state index contributed by atoms with van der Waals surface area (Å²) in [5, 5.41) is 3.18. The third-order valence-corrected chi connectivity index (χ3v) is 5.61. The van der Waals surface area contributed by atoms with Crippen LogP contribution in [0.2, 0.25) is 0 Å². The Morgan fingerprint density at radius 1 is 1.12 bits per heavy atom. The first-order valence-electron chi connectivity index (χ1n) is 9.30. The summed E-state index contributed by atoms with van der Waals surface area (Å²) >= 11 is 0. The van der Waals surface area contributed by atoms with Crippen molar-refractivity contribution in [1.29, 1.82) is 0 Å². The van der Waals surface area contributed by atoms with Gasteiger partial charge in [0.05, 0.1) is 19.8 Å². The summed E-state index contributed by atoms with van der Waals surface area (Å²) in [4.78, 5) is 17.0. The smallest absolute Gasteiger partial charge is 0.318 e. The van der Waals surface area contributed by atoms with Crippen LogP contribution in [0.4, 0.5) is 4.79 Å². The molecule has 1 N–H and O–H groups in total. The number of hydrogen-bond acceptors (Lipinski definition) is 4. The quantitative estimate of drug-likeness (QED) is 0.897. The Kier molecular flexibility index (Phi) is 5.20. The maximum atomic E-state index is 12.7. The maximum absolute atomic E-state index is 12.7. The molecule has 0 aromatic heterocycles. The number of fused-ring (bicyclic) bond motifs is 1. The predicted octanol–water partition coefficient (Wildman–Crippen LogP) is 1.45. The molecule has 2 amide bonds. The van der Waals surface area contributed by atoms with Crippen molar-refractivity contribution in [2.75, 3.05) is 46.1 Å². The van der Waals surface area contributed by atoms with Gasteiger partial charge in [-0.25, -0.2) is 4.79 Å². The van der Waals surface area contributed by atoms with Crippen molar-refractivity contribution < 1.29 is 14.3 Å². The molecule has 0 aliphatic carbocycles. The lowest BCUT2D eigenvalue weighted by Crippen LogP contribution is -2.53. The van der Waals surface area contributed by atoms with Crippen LogP contribution < -0.4 is 5.32 Å². The highest BCUT2D eigenvalue weighted by atomic mass is 16.5.